The van der Waals surface area contributed by atoms with Crippen LogP contribution in [0.25, 0.3) is 0 Å². The molecule has 5 heteroatoms. The first kappa shape index (κ1) is 12.8. The highest BCUT2D eigenvalue weighted by atomic mass is 19.1. The summed E-state index contributed by atoms with van der Waals surface area (Å²) in [6, 6.07) is 5.91. The van der Waals surface area contributed by atoms with Gasteiger partial charge in [-0.25, -0.2) is 4.39 Å². The summed E-state index contributed by atoms with van der Waals surface area (Å²) < 4.78 is 12.9. The molecule has 1 aromatic carbocycles. The minimum Gasteiger partial charge on any atom is -0.367 e. The zero-order chi connectivity index (χ0) is 14.6. The normalized spacial score (nSPS) is 33.7. The van der Waals surface area contributed by atoms with E-state index < -0.39 is 0 Å². The molecule has 21 heavy (non-hydrogen) atoms. The number of nitrogens with one attached hydrogen (secondary N) is 1. The second-order valence-electron chi connectivity index (χ2n) is 6.33. The molecule has 1 N–H and O–H groups in total. The van der Waals surface area contributed by atoms with Crippen molar-refractivity contribution in [1.29, 1.82) is 0 Å². The number of amides is 2. The number of imide groups is 1. The third kappa shape index (κ3) is 1.87. The van der Waals surface area contributed by atoms with Crippen molar-refractivity contribution in [3.63, 3.8) is 0 Å². The van der Waals surface area contributed by atoms with Crippen molar-refractivity contribution in [3.8, 4) is 0 Å². The van der Waals surface area contributed by atoms with Crippen LogP contribution in [0, 0.1) is 29.5 Å². The molecule has 0 unspecified atom stereocenters. The standard InChI is InChI=1S/C16H17FN2O2/c17-11-3-5-12(6-4-11)18-8-19-15(20)13-9-1-2-10(7-9)14(13)16(19)21/h3-6,9-10,13-14,18H,1-2,7-8H2/t9-,10-,13+,14+/m1/s1. The molecular weight excluding hydrogens is 271 g/mol. The third-order valence-corrected chi connectivity index (χ3v) is 5.30. The van der Waals surface area contributed by atoms with E-state index in [1.165, 1.54) is 17.0 Å². The maximum absolute atomic E-state index is 12.9. The first-order chi connectivity index (χ1) is 10.1. The smallest absolute Gasteiger partial charge is 0.234 e. The van der Waals surface area contributed by atoms with Gasteiger partial charge in [0.2, 0.25) is 11.8 Å². The van der Waals surface area contributed by atoms with E-state index in [2.05, 4.69) is 5.32 Å². The number of benzene rings is 1. The van der Waals surface area contributed by atoms with E-state index in [0.717, 1.165) is 19.3 Å². The molecule has 0 spiro atoms. The number of nitrogens with zero attached hydrogens (tertiary/aromatic N) is 1. The fourth-order valence-corrected chi connectivity index (χ4v) is 4.36. The van der Waals surface area contributed by atoms with Gasteiger partial charge in [-0.05, 0) is 55.4 Å². The van der Waals surface area contributed by atoms with Crippen LogP contribution in [0.3, 0.4) is 0 Å². The lowest BCUT2D eigenvalue weighted by Gasteiger charge is -2.19. The lowest BCUT2D eigenvalue weighted by atomic mass is 9.81. The second-order valence-corrected chi connectivity index (χ2v) is 6.33. The molecule has 0 radical (unpaired) electrons. The maximum atomic E-state index is 12.9. The molecule has 2 aliphatic carbocycles. The first-order valence-corrected chi connectivity index (χ1v) is 7.50. The Morgan fingerprint density at radius 2 is 1.62 bits per heavy atom. The van der Waals surface area contributed by atoms with Gasteiger partial charge in [0.1, 0.15) is 5.82 Å². The predicted molar refractivity (Wildman–Crippen MR) is 74.6 cm³/mol. The number of halogens is 1. The van der Waals surface area contributed by atoms with Gasteiger partial charge in [-0.15, -0.1) is 0 Å². The summed E-state index contributed by atoms with van der Waals surface area (Å²) in [4.78, 5) is 26.3. The summed E-state index contributed by atoms with van der Waals surface area (Å²) in [5.74, 6) is 0.315. The van der Waals surface area contributed by atoms with Crippen LogP contribution in [-0.4, -0.2) is 23.4 Å². The average molecular weight is 288 g/mol. The van der Waals surface area contributed by atoms with Crippen molar-refractivity contribution in [2.24, 2.45) is 23.7 Å². The van der Waals surface area contributed by atoms with Crippen molar-refractivity contribution in [2.45, 2.75) is 19.3 Å². The second kappa shape index (κ2) is 4.55. The SMILES string of the molecule is O=C1[C@H]2[C@@H]3CC[C@H](C3)[C@@H]2C(=O)N1CNc1ccc(F)cc1. The molecule has 1 aliphatic heterocycles. The Morgan fingerprint density at radius 3 is 2.19 bits per heavy atom. The van der Waals surface area contributed by atoms with Gasteiger partial charge in [-0.2, -0.15) is 0 Å². The van der Waals surface area contributed by atoms with Crippen LogP contribution < -0.4 is 5.32 Å². The molecule has 4 nitrogen and oxygen atoms in total. The average Bonchev–Trinajstić information content (AvgIpc) is 3.14. The Bertz CT molecular complexity index is 573. The number of hydrogen-bond donors (Lipinski definition) is 1. The number of likely N-dealkylation sites (tertiary alicyclic amines) is 1. The number of fused-ring (bicyclic) bond motifs is 5. The lowest BCUT2D eigenvalue weighted by molar-refractivity contribution is -0.140. The van der Waals surface area contributed by atoms with Gasteiger partial charge in [-0.3, -0.25) is 14.5 Å². The number of anilines is 1. The Labute approximate surface area is 122 Å². The Balaban J connectivity index is 1.48. The molecule has 1 aromatic rings. The molecule has 4 atom stereocenters. The molecule has 3 fully saturated rings. The highest BCUT2D eigenvalue weighted by Crippen LogP contribution is 2.55. The minimum atomic E-state index is -0.306. The number of carbonyl (C=O) groups is 2. The summed E-state index contributed by atoms with van der Waals surface area (Å²) in [7, 11) is 0. The number of rotatable bonds is 3. The summed E-state index contributed by atoms with van der Waals surface area (Å²) in [6.45, 7) is 0.176. The van der Waals surface area contributed by atoms with Gasteiger partial charge >= 0.3 is 0 Å². The third-order valence-electron chi connectivity index (χ3n) is 5.30. The van der Waals surface area contributed by atoms with E-state index in [1.54, 1.807) is 12.1 Å². The minimum absolute atomic E-state index is 0.0215. The van der Waals surface area contributed by atoms with Crippen LogP contribution in [-0.2, 0) is 9.59 Å². The molecular formula is C16H17FN2O2. The van der Waals surface area contributed by atoms with Crippen LogP contribution in [0.2, 0.25) is 0 Å². The van der Waals surface area contributed by atoms with E-state index in [1.807, 2.05) is 0 Å². The first-order valence-electron chi connectivity index (χ1n) is 7.50. The Morgan fingerprint density at radius 1 is 1.05 bits per heavy atom. The van der Waals surface area contributed by atoms with Crippen LogP contribution in [0.5, 0.6) is 0 Å². The summed E-state index contributed by atoms with van der Waals surface area (Å²) in [5.41, 5.74) is 0.706. The van der Waals surface area contributed by atoms with Gasteiger partial charge in [0, 0.05) is 5.69 Å². The van der Waals surface area contributed by atoms with Crippen LogP contribution in [0.1, 0.15) is 19.3 Å². The van der Waals surface area contributed by atoms with E-state index in [-0.39, 0.29) is 36.1 Å². The largest absolute Gasteiger partial charge is 0.367 e. The summed E-state index contributed by atoms with van der Waals surface area (Å²) >= 11 is 0. The van der Waals surface area contributed by atoms with Gasteiger partial charge in [0.05, 0.1) is 18.5 Å². The highest BCUT2D eigenvalue weighted by molar-refractivity contribution is 6.06. The fraction of sp³-hybridized carbons (Fsp3) is 0.500. The van der Waals surface area contributed by atoms with E-state index in [4.69, 9.17) is 0 Å². The monoisotopic (exact) mass is 288 g/mol. The quantitative estimate of drug-likeness (QED) is 0.868. The van der Waals surface area contributed by atoms with Crippen LogP contribution >= 0.6 is 0 Å². The van der Waals surface area contributed by atoms with Gasteiger partial charge in [-0.1, -0.05) is 0 Å². The zero-order valence-corrected chi connectivity index (χ0v) is 11.6. The van der Waals surface area contributed by atoms with E-state index in [9.17, 15) is 14.0 Å². The lowest BCUT2D eigenvalue weighted by Crippen LogP contribution is -2.36. The van der Waals surface area contributed by atoms with Gasteiger partial charge < -0.3 is 5.32 Å². The maximum Gasteiger partial charge on any atom is 0.234 e. The Hall–Kier alpha value is -1.91. The molecule has 0 aromatic heterocycles. The van der Waals surface area contributed by atoms with Crippen molar-refractivity contribution in [2.75, 3.05) is 12.0 Å². The number of hydrogen-bond acceptors (Lipinski definition) is 3. The molecule has 3 aliphatic rings. The fourth-order valence-electron chi connectivity index (χ4n) is 4.36. The summed E-state index contributed by atoms with van der Waals surface area (Å²) in [5, 5.41) is 3.03. The van der Waals surface area contributed by atoms with Crippen LogP contribution in [0.4, 0.5) is 10.1 Å². The van der Waals surface area contributed by atoms with Crippen molar-refractivity contribution < 1.29 is 14.0 Å². The molecule has 2 amide bonds. The van der Waals surface area contributed by atoms with Gasteiger partial charge in [0.25, 0.3) is 0 Å². The molecule has 2 bridgehead atoms. The predicted octanol–water partition coefficient (Wildman–Crippen LogP) is 2.23. The van der Waals surface area contributed by atoms with E-state index in [0.29, 0.717) is 17.5 Å². The molecule has 1 saturated heterocycles. The van der Waals surface area contributed by atoms with Gasteiger partial charge in [0.15, 0.2) is 0 Å². The number of carbonyl (C=O) groups excluding carboxylic acids is 2. The molecule has 1 heterocycles. The van der Waals surface area contributed by atoms with E-state index >= 15 is 0 Å². The topological polar surface area (TPSA) is 49.4 Å². The van der Waals surface area contributed by atoms with Crippen molar-refractivity contribution >= 4 is 17.5 Å². The zero-order valence-electron chi connectivity index (χ0n) is 11.6. The highest BCUT2D eigenvalue weighted by Gasteiger charge is 2.60. The van der Waals surface area contributed by atoms with Crippen molar-refractivity contribution in [3.05, 3.63) is 30.1 Å². The molecule has 4 rings (SSSR count). The van der Waals surface area contributed by atoms with Crippen LogP contribution in [0.15, 0.2) is 24.3 Å². The molecule has 2 saturated carbocycles. The van der Waals surface area contributed by atoms with Crippen molar-refractivity contribution in [1.82, 2.24) is 4.90 Å². The Kier molecular flexibility index (Phi) is 2.77. The summed E-state index contributed by atoms with van der Waals surface area (Å²) in [6.07, 6.45) is 3.22. The molecule has 110 valence electrons.